The van der Waals surface area contributed by atoms with Crippen LogP contribution in [0.2, 0.25) is 0 Å². The summed E-state index contributed by atoms with van der Waals surface area (Å²) >= 11 is 0. The van der Waals surface area contributed by atoms with Crippen molar-refractivity contribution in [2.24, 2.45) is 0 Å². The molecule has 0 bridgehead atoms. The molecule has 1 fully saturated rings. The molecule has 1 aromatic carbocycles. The van der Waals surface area contributed by atoms with E-state index in [1.165, 1.54) is 43.1 Å². The third-order valence-corrected chi connectivity index (χ3v) is 4.21. The molecule has 0 aromatic heterocycles. The van der Waals surface area contributed by atoms with Crippen LogP contribution in [0.25, 0.3) is 0 Å². The zero-order valence-corrected chi connectivity index (χ0v) is 14.7. The molecule has 144 valence electrons. The largest absolute Gasteiger partial charge is 0.435 e. The number of amides is 4. The van der Waals surface area contributed by atoms with E-state index in [9.17, 15) is 23.2 Å². The topological polar surface area (TPSA) is 103 Å². The van der Waals surface area contributed by atoms with Crippen molar-refractivity contribution in [2.75, 3.05) is 20.1 Å². The number of carbonyl (C=O) groups is 3. The zero-order valence-electron chi connectivity index (χ0n) is 14.7. The van der Waals surface area contributed by atoms with Crippen molar-refractivity contribution in [3.05, 3.63) is 29.8 Å². The quantitative estimate of drug-likeness (QED) is 0.721. The van der Waals surface area contributed by atoms with Gasteiger partial charge in [0, 0.05) is 13.6 Å². The van der Waals surface area contributed by atoms with Crippen LogP contribution in [-0.4, -0.2) is 54.4 Å². The Labute approximate surface area is 154 Å². The molecule has 1 saturated heterocycles. The van der Waals surface area contributed by atoms with Crippen LogP contribution in [0.1, 0.15) is 18.9 Å². The Kier molecular flexibility index (Phi) is 5.95. The number of imide groups is 1. The van der Waals surface area contributed by atoms with E-state index in [0.29, 0.717) is 5.56 Å². The van der Waals surface area contributed by atoms with E-state index in [1.54, 1.807) is 0 Å². The minimum Gasteiger partial charge on any atom is -0.435 e. The van der Waals surface area contributed by atoms with E-state index < -0.39 is 36.5 Å². The normalized spacial score (nSPS) is 19.0. The number of rotatable bonds is 7. The molecule has 1 aromatic rings. The summed E-state index contributed by atoms with van der Waals surface area (Å²) < 4.78 is 28.7. The molecular weight excluding hydrogens is 362 g/mol. The lowest BCUT2D eigenvalue weighted by atomic mass is 9.92. The second kappa shape index (κ2) is 7.99. The van der Waals surface area contributed by atoms with Crippen molar-refractivity contribution in [1.29, 1.82) is 5.26 Å². The first kappa shape index (κ1) is 20.1. The molecule has 0 unspecified atom stereocenters. The summed E-state index contributed by atoms with van der Waals surface area (Å²) in [5.41, 5.74) is -1.08. The Morgan fingerprint density at radius 2 is 2.00 bits per heavy atom. The number of likely N-dealkylation sites (N-methyl/N-ethyl adjacent to an activating group) is 1. The number of carbonyl (C=O) groups excluding carboxylic acids is 3. The van der Waals surface area contributed by atoms with Gasteiger partial charge in [-0.1, -0.05) is 12.1 Å². The average molecular weight is 380 g/mol. The SMILES string of the molecule is CN(CCC#N)C(=O)CN1C(=O)N[C@](C)(c2ccc(OC(F)F)cc2)C1=O. The van der Waals surface area contributed by atoms with E-state index in [2.05, 4.69) is 10.1 Å². The standard InChI is InChI=1S/C17H18F2N4O4/c1-17(11-4-6-12(7-5-11)27-15(18)19)14(25)23(16(26)21-17)10-13(24)22(2)9-3-8-20/h4-7,15H,3,9-10H2,1-2H3,(H,21,26)/t17-/m1/s1. The van der Waals surface area contributed by atoms with Crippen LogP contribution < -0.4 is 10.1 Å². The maximum absolute atomic E-state index is 12.7. The summed E-state index contributed by atoms with van der Waals surface area (Å²) in [7, 11) is 1.47. The van der Waals surface area contributed by atoms with Crippen molar-refractivity contribution in [1.82, 2.24) is 15.1 Å². The van der Waals surface area contributed by atoms with Gasteiger partial charge >= 0.3 is 12.6 Å². The van der Waals surface area contributed by atoms with Gasteiger partial charge in [-0.05, 0) is 24.6 Å². The van der Waals surface area contributed by atoms with Crippen LogP contribution in [0.5, 0.6) is 5.75 Å². The third-order valence-electron chi connectivity index (χ3n) is 4.21. The van der Waals surface area contributed by atoms with Crippen LogP contribution >= 0.6 is 0 Å². The first-order valence-corrected chi connectivity index (χ1v) is 7.99. The second-order valence-corrected chi connectivity index (χ2v) is 6.07. The highest BCUT2D eigenvalue weighted by molar-refractivity contribution is 6.09. The van der Waals surface area contributed by atoms with Crippen LogP contribution in [-0.2, 0) is 15.1 Å². The van der Waals surface area contributed by atoms with Gasteiger partial charge in [-0.25, -0.2) is 4.79 Å². The molecule has 8 nitrogen and oxygen atoms in total. The Bertz CT molecular complexity index is 778. The molecule has 1 aliphatic rings. The molecule has 27 heavy (non-hydrogen) atoms. The van der Waals surface area contributed by atoms with Crippen LogP contribution in [0.3, 0.4) is 0 Å². The highest BCUT2D eigenvalue weighted by atomic mass is 19.3. The maximum atomic E-state index is 12.7. The van der Waals surface area contributed by atoms with Gasteiger partial charge < -0.3 is 15.0 Å². The van der Waals surface area contributed by atoms with Gasteiger partial charge in [-0.3, -0.25) is 14.5 Å². The molecule has 4 amide bonds. The van der Waals surface area contributed by atoms with Crippen molar-refractivity contribution >= 4 is 17.8 Å². The van der Waals surface area contributed by atoms with Gasteiger partial charge in [0.1, 0.15) is 17.8 Å². The Morgan fingerprint density at radius 3 is 2.56 bits per heavy atom. The minimum absolute atomic E-state index is 0.0831. The zero-order chi connectivity index (χ0) is 20.2. The number of alkyl halides is 2. The Balaban J connectivity index is 2.14. The summed E-state index contributed by atoms with van der Waals surface area (Å²) in [6.45, 7) is -1.80. The molecule has 1 heterocycles. The van der Waals surface area contributed by atoms with Crippen LogP contribution in [0.15, 0.2) is 24.3 Å². The lowest BCUT2D eigenvalue weighted by molar-refractivity contribution is -0.138. The molecule has 1 atom stereocenters. The first-order valence-electron chi connectivity index (χ1n) is 7.99. The fourth-order valence-corrected chi connectivity index (χ4v) is 2.60. The van der Waals surface area contributed by atoms with Crippen molar-refractivity contribution in [2.45, 2.75) is 25.5 Å². The summed E-state index contributed by atoms with van der Waals surface area (Å²) in [6, 6.07) is 6.46. The maximum Gasteiger partial charge on any atom is 0.387 e. The average Bonchev–Trinajstić information content (AvgIpc) is 2.83. The molecule has 0 saturated carbocycles. The van der Waals surface area contributed by atoms with Gasteiger partial charge in [0.2, 0.25) is 5.91 Å². The number of benzene rings is 1. The lowest BCUT2D eigenvalue weighted by Crippen LogP contribution is -2.43. The summed E-state index contributed by atoms with van der Waals surface area (Å²) in [5.74, 6) is -1.21. The Morgan fingerprint density at radius 1 is 1.37 bits per heavy atom. The van der Waals surface area contributed by atoms with Crippen molar-refractivity contribution in [3.8, 4) is 11.8 Å². The number of urea groups is 1. The molecule has 0 aliphatic carbocycles. The van der Waals surface area contributed by atoms with Gasteiger partial charge in [0.15, 0.2) is 0 Å². The van der Waals surface area contributed by atoms with Gasteiger partial charge in [-0.15, -0.1) is 0 Å². The number of ether oxygens (including phenoxy) is 1. The highest BCUT2D eigenvalue weighted by Crippen LogP contribution is 2.30. The number of nitrogens with zero attached hydrogens (tertiary/aromatic N) is 3. The van der Waals surface area contributed by atoms with Gasteiger partial charge in [0.05, 0.1) is 12.5 Å². The summed E-state index contributed by atoms with van der Waals surface area (Å²) in [5, 5.41) is 11.1. The number of hydrogen-bond acceptors (Lipinski definition) is 5. The number of nitrogens with one attached hydrogen (secondary N) is 1. The fourth-order valence-electron chi connectivity index (χ4n) is 2.60. The minimum atomic E-state index is -2.97. The van der Waals surface area contributed by atoms with E-state index in [0.717, 1.165) is 4.90 Å². The van der Waals surface area contributed by atoms with Gasteiger partial charge in [0.25, 0.3) is 5.91 Å². The number of nitriles is 1. The molecule has 2 rings (SSSR count). The van der Waals surface area contributed by atoms with E-state index in [4.69, 9.17) is 5.26 Å². The summed E-state index contributed by atoms with van der Waals surface area (Å²) in [4.78, 5) is 39.1. The summed E-state index contributed by atoms with van der Waals surface area (Å²) in [6.07, 6.45) is 0.132. The highest BCUT2D eigenvalue weighted by Gasteiger charge is 2.49. The van der Waals surface area contributed by atoms with E-state index in [1.807, 2.05) is 6.07 Å². The van der Waals surface area contributed by atoms with Crippen LogP contribution in [0, 0.1) is 11.3 Å². The second-order valence-electron chi connectivity index (χ2n) is 6.07. The van der Waals surface area contributed by atoms with Crippen LogP contribution in [0.4, 0.5) is 13.6 Å². The lowest BCUT2D eigenvalue weighted by Gasteiger charge is -2.23. The van der Waals surface area contributed by atoms with Crippen molar-refractivity contribution in [3.63, 3.8) is 0 Å². The van der Waals surface area contributed by atoms with E-state index >= 15 is 0 Å². The molecule has 0 spiro atoms. The molecule has 1 N–H and O–H groups in total. The van der Waals surface area contributed by atoms with E-state index in [-0.39, 0.29) is 18.7 Å². The molecule has 0 radical (unpaired) electrons. The molecule has 1 aliphatic heterocycles. The predicted molar refractivity (Wildman–Crippen MR) is 88.5 cm³/mol. The molecule has 10 heteroatoms. The smallest absolute Gasteiger partial charge is 0.387 e. The predicted octanol–water partition coefficient (Wildman–Crippen LogP) is 1.43. The monoisotopic (exact) mass is 380 g/mol. The number of hydrogen-bond donors (Lipinski definition) is 1. The third kappa shape index (κ3) is 4.31. The van der Waals surface area contributed by atoms with Gasteiger partial charge in [-0.2, -0.15) is 14.0 Å². The fraction of sp³-hybridized carbons (Fsp3) is 0.412. The molecular formula is C17H18F2N4O4. The Hall–Kier alpha value is -3.22. The first-order chi connectivity index (χ1) is 12.7. The number of halogens is 2. The van der Waals surface area contributed by atoms with Crippen molar-refractivity contribution < 1.29 is 27.9 Å².